The molecule has 0 spiro atoms. The van der Waals surface area contributed by atoms with Gasteiger partial charge in [-0.25, -0.2) is 8.42 Å². The van der Waals surface area contributed by atoms with Crippen LogP contribution in [0.15, 0.2) is 64.3 Å². The maximum absolute atomic E-state index is 12.6. The van der Waals surface area contributed by atoms with Crippen molar-refractivity contribution in [3.63, 3.8) is 0 Å². The van der Waals surface area contributed by atoms with Gasteiger partial charge in [0.05, 0.1) is 23.9 Å². The highest BCUT2D eigenvalue weighted by Gasteiger charge is 2.20. The van der Waals surface area contributed by atoms with Crippen LogP contribution in [0.5, 0.6) is 5.75 Å². The number of aryl methyl sites for hydroxylation is 1. The van der Waals surface area contributed by atoms with Crippen molar-refractivity contribution in [3.05, 3.63) is 69.8 Å². The second kappa shape index (κ2) is 8.53. The van der Waals surface area contributed by atoms with Crippen molar-refractivity contribution in [2.24, 2.45) is 0 Å². The third kappa shape index (κ3) is 3.94. The number of allylic oxidation sites excluding steroid dienone is 2. The Morgan fingerprint density at radius 1 is 1.26 bits per heavy atom. The fraction of sp³-hybridized carbons (Fsp3) is 0.174. The summed E-state index contributed by atoms with van der Waals surface area (Å²) in [5, 5.41) is 12.5. The minimum atomic E-state index is -3.62. The molecule has 3 aromatic rings. The van der Waals surface area contributed by atoms with Gasteiger partial charge >= 0.3 is 0 Å². The van der Waals surface area contributed by atoms with Crippen LogP contribution in [0, 0.1) is 11.3 Å². The Morgan fingerprint density at radius 3 is 2.65 bits per heavy atom. The molecule has 8 heteroatoms. The lowest BCUT2D eigenvalue weighted by Gasteiger charge is -2.13. The Labute approximate surface area is 187 Å². The largest absolute Gasteiger partial charge is 0.497 e. The number of fused-ring (bicyclic) bond motifs is 1. The molecule has 31 heavy (non-hydrogen) atoms. The first-order valence-electron chi connectivity index (χ1n) is 9.74. The molecule has 0 saturated carbocycles. The second-order valence-electron chi connectivity index (χ2n) is 6.89. The number of nitriles is 1. The summed E-state index contributed by atoms with van der Waals surface area (Å²) in [5.74, 6) is 0.727. The highest BCUT2D eigenvalue weighted by molar-refractivity contribution is 8.20. The fourth-order valence-corrected chi connectivity index (χ4v) is 5.85. The maximum Gasteiger partial charge on any atom is 0.267 e. The number of nitrogens with one attached hydrogen (secondary N) is 1. The number of hydrogen-bond acceptors (Lipinski definition) is 5. The van der Waals surface area contributed by atoms with Crippen LogP contribution in [0.2, 0.25) is 0 Å². The molecule has 1 aromatic heterocycles. The molecule has 1 aliphatic heterocycles. The smallest absolute Gasteiger partial charge is 0.267 e. The van der Waals surface area contributed by atoms with Gasteiger partial charge in [0.1, 0.15) is 16.1 Å². The van der Waals surface area contributed by atoms with E-state index in [0.717, 1.165) is 27.9 Å². The van der Waals surface area contributed by atoms with E-state index in [1.807, 2.05) is 43.3 Å². The Kier molecular flexibility index (Phi) is 5.81. The lowest BCUT2D eigenvalue weighted by molar-refractivity contribution is 0.415. The standard InChI is InChI=1S/C23H21N3O3S2.H2/c1-3-26-21-14-18(29-2)11-12-19(21)20(15-24)23(26)16-7-9-17(10-8-16)25-31(27,28)22-6-4-5-13-30-22;/h5-14,25H,3-4H2,1-2H3;1H. The Bertz CT molecular complexity index is 1350. The average Bonchev–Trinajstić information content (AvgIpc) is 3.12. The van der Waals surface area contributed by atoms with Crippen molar-refractivity contribution < 1.29 is 14.6 Å². The van der Waals surface area contributed by atoms with Crippen LogP contribution in [-0.4, -0.2) is 20.1 Å². The monoisotopic (exact) mass is 453 g/mol. The van der Waals surface area contributed by atoms with Crippen molar-refractivity contribution in [3.8, 4) is 23.1 Å². The third-order valence-corrected chi connectivity index (χ3v) is 7.95. The molecule has 1 N–H and O–H groups in total. The SMILES string of the molecule is CCn1c(-c2ccc(NS(=O)(=O)C3=CCC=CS3)cc2)c(C#N)c2ccc(OC)cc21.[HH]. The van der Waals surface area contributed by atoms with Crippen molar-refractivity contribution >= 4 is 38.4 Å². The normalized spacial score (nSPS) is 13.6. The number of anilines is 1. The van der Waals surface area contributed by atoms with Gasteiger partial charge in [-0.3, -0.25) is 4.72 Å². The molecule has 6 nitrogen and oxygen atoms in total. The van der Waals surface area contributed by atoms with E-state index in [-0.39, 0.29) is 1.43 Å². The quantitative estimate of drug-likeness (QED) is 0.518. The van der Waals surface area contributed by atoms with Gasteiger partial charge < -0.3 is 9.30 Å². The molecular formula is C23H23N3O3S2. The van der Waals surface area contributed by atoms with E-state index in [1.54, 1.807) is 30.7 Å². The van der Waals surface area contributed by atoms with Gasteiger partial charge in [0, 0.05) is 25.1 Å². The molecule has 0 aliphatic carbocycles. The van der Waals surface area contributed by atoms with Gasteiger partial charge in [0.15, 0.2) is 0 Å². The first-order chi connectivity index (χ1) is 15.0. The second-order valence-corrected chi connectivity index (χ2v) is 9.75. The van der Waals surface area contributed by atoms with Crippen LogP contribution in [-0.2, 0) is 16.6 Å². The van der Waals surface area contributed by atoms with Crippen LogP contribution in [0.25, 0.3) is 22.2 Å². The van der Waals surface area contributed by atoms with E-state index >= 15 is 0 Å². The molecule has 0 atom stereocenters. The zero-order valence-electron chi connectivity index (χ0n) is 17.1. The molecule has 2 aromatic carbocycles. The fourth-order valence-electron chi connectivity index (χ4n) is 3.66. The van der Waals surface area contributed by atoms with E-state index in [9.17, 15) is 13.7 Å². The molecule has 160 valence electrons. The van der Waals surface area contributed by atoms with Gasteiger partial charge in [-0.15, -0.1) is 0 Å². The minimum absolute atomic E-state index is 0. The molecule has 0 fully saturated rings. The number of ether oxygens (including phenoxy) is 1. The molecule has 1 aliphatic rings. The van der Waals surface area contributed by atoms with E-state index in [2.05, 4.69) is 15.4 Å². The van der Waals surface area contributed by atoms with Crippen LogP contribution >= 0.6 is 11.8 Å². The summed E-state index contributed by atoms with van der Waals surface area (Å²) in [7, 11) is -2.00. The predicted molar refractivity (Wildman–Crippen MR) is 128 cm³/mol. The predicted octanol–water partition coefficient (Wildman–Crippen LogP) is 5.69. The molecule has 4 rings (SSSR count). The molecule has 0 saturated heterocycles. The molecule has 2 heterocycles. The summed E-state index contributed by atoms with van der Waals surface area (Å²) < 4.78 is 35.5. The third-order valence-electron chi connectivity index (χ3n) is 5.08. The van der Waals surface area contributed by atoms with Gasteiger partial charge in [0.2, 0.25) is 0 Å². The first-order valence-corrected chi connectivity index (χ1v) is 12.1. The topological polar surface area (TPSA) is 84.1 Å². The van der Waals surface area contributed by atoms with Crippen molar-refractivity contribution in [2.75, 3.05) is 11.8 Å². The number of methoxy groups -OCH3 is 1. The van der Waals surface area contributed by atoms with Gasteiger partial charge in [-0.1, -0.05) is 36.0 Å². The molecule has 0 radical (unpaired) electrons. The van der Waals surface area contributed by atoms with Crippen molar-refractivity contribution in [1.29, 1.82) is 5.26 Å². The highest BCUT2D eigenvalue weighted by Crippen LogP contribution is 2.36. The minimum Gasteiger partial charge on any atom is -0.497 e. The molecule has 0 amide bonds. The van der Waals surface area contributed by atoms with Crippen molar-refractivity contribution in [1.82, 2.24) is 4.57 Å². The number of hydrogen-bond donors (Lipinski definition) is 1. The number of aromatic nitrogens is 1. The average molecular weight is 454 g/mol. The van der Waals surface area contributed by atoms with Gasteiger partial charge in [-0.2, -0.15) is 5.26 Å². The maximum atomic E-state index is 12.6. The lowest BCUT2D eigenvalue weighted by atomic mass is 10.1. The summed E-state index contributed by atoms with van der Waals surface area (Å²) in [4.78, 5) is 0. The molecule has 0 unspecified atom stereocenters. The number of nitrogens with zero attached hydrogens (tertiary/aromatic N) is 2. The summed E-state index contributed by atoms with van der Waals surface area (Å²) in [6.07, 6.45) is 4.20. The van der Waals surface area contributed by atoms with E-state index in [4.69, 9.17) is 4.74 Å². The zero-order chi connectivity index (χ0) is 22.0. The molecular weight excluding hydrogens is 430 g/mol. The van der Waals surface area contributed by atoms with Gasteiger partial charge in [-0.05, 0) is 48.6 Å². The Balaban J connectivity index is 0.00000289. The van der Waals surface area contributed by atoms with Gasteiger partial charge in [0.25, 0.3) is 10.0 Å². The van der Waals surface area contributed by atoms with E-state index < -0.39 is 10.0 Å². The zero-order valence-corrected chi connectivity index (χ0v) is 18.8. The van der Waals surface area contributed by atoms with Crippen LogP contribution in [0.4, 0.5) is 5.69 Å². The van der Waals surface area contributed by atoms with Crippen LogP contribution in [0.3, 0.4) is 0 Å². The summed E-state index contributed by atoms with van der Waals surface area (Å²) in [6.45, 7) is 2.70. The summed E-state index contributed by atoms with van der Waals surface area (Å²) in [5.41, 5.74) is 3.62. The van der Waals surface area contributed by atoms with Crippen molar-refractivity contribution in [2.45, 2.75) is 19.9 Å². The first kappa shape index (κ1) is 21.1. The Hall–Kier alpha value is -3.15. The number of sulfonamides is 1. The Morgan fingerprint density at radius 2 is 2.03 bits per heavy atom. The summed E-state index contributed by atoms with van der Waals surface area (Å²) >= 11 is 1.19. The lowest BCUT2D eigenvalue weighted by Crippen LogP contribution is -2.13. The number of rotatable bonds is 6. The van der Waals surface area contributed by atoms with E-state index in [1.165, 1.54) is 11.8 Å². The summed E-state index contributed by atoms with van der Waals surface area (Å²) in [6, 6.07) is 15.1. The number of thioether (sulfide) groups is 1. The highest BCUT2D eigenvalue weighted by atomic mass is 32.3. The number of benzene rings is 2. The van der Waals surface area contributed by atoms with Crippen LogP contribution < -0.4 is 9.46 Å². The van der Waals surface area contributed by atoms with Crippen LogP contribution in [0.1, 0.15) is 20.3 Å². The molecule has 0 bridgehead atoms. The van der Waals surface area contributed by atoms with E-state index in [0.29, 0.717) is 28.5 Å².